The van der Waals surface area contributed by atoms with Crippen molar-refractivity contribution in [2.45, 2.75) is 79.1 Å². The molecule has 3 amide bonds. The molecule has 0 unspecified atom stereocenters. The molecule has 13 heteroatoms. The number of pyridine rings is 2. The van der Waals surface area contributed by atoms with Gasteiger partial charge in [-0.15, -0.1) is 0 Å². The summed E-state index contributed by atoms with van der Waals surface area (Å²) in [5.41, 5.74) is 6.63. The van der Waals surface area contributed by atoms with Crippen molar-refractivity contribution in [3.05, 3.63) is 85.7 Å². The third kappa shape index (κ3) is 14.5. The van der Waals surface area contributed by atoms with Crippen LogP contribution in [0.25, 0.3) is 33.5 Å². The number of ether oxygens (including phenoxy) is 2. The fraction of sp³-hybridized carbons (Fsp3) is 0.442. The van der Waals surface area contributed by atoms with Crippen LogP contribution in [-0.4, -0.2) is 99.4 Å². The standard InChI is InChI=1S/C20H14N4.C9H15NO3.C8H14N2O3.2C3H8/c1-2-16(18-6-10-24-12-8-22-20(24)14-18)4-3-15(1)17-5-9-23-11-7-21-19(23)13-17;1-13-9(12)5-4-8(11)10-6-2-3-7-10;1-13-8(12)9-6-7(11)10-4-2-3-5-10;2*1-3-2/h1-14H;2-7H2,1H3;2-6H2,1H3,(H,9,12);2*3H2,1-2H3. The number of carbonyl (C=O) groups is 4. The van der Waals surface area contributed by atoms with Gasteiger partial charge in [-0.3, -0.25) is 14.4 Å². The summed E-state index contributed by atoms with van der Waals surface area (Å²) in [5, 5.41) is 2.36. The highest BCUT2D eigenvalue weighted by molar-refractivity contribution is 5.82. The molecule has 0 radical (unpaired) electrons. The molecule has 2 aliphatic heterocycles. The molecule has 2 aliphatic rings. The Morgan fingerprint density at radius 3 is 1.43 bits per heavy atom. The molecular formula is C43H59N7O6. The molecule has 1 N–H and O–H groups in total. The SMILES string of the molecule is CCC.CCC.COC(=O)CCC(=O)N1CCCC1.COC(=O)NCC(=O)N1CCCC1.c1cn2ccc(-c3ccc(-c4ccn5ccnc5c4)cc3)cc2n1. The number of alkyl carbamates (subject to hydrolysis) is 1. The van der Waals surface area contributed by atoms with E-state index < -0.39 is 6.09 Å². The smallest absolute Gasteiger partial charge is 0.407 e. The molecule has 2 saturated heterocycles. The van der Waals surface area contributed by atoms with Gasteiger partial charge in [0.1, 0.15) is 17.8 Å². The van der Waals surface area contributed by atoms with E-state index in [1.165, 1.54) is 49.3 Å². The first-order valence-corrected chi connectivity index (χ1v) is 19.6. The van der Waals surface area contributed by atoms with Crippen LogP contribution in [-0.2, 0) is 23.9 Å². The Balaban J connectivity index is 0.000000225. The molecule has 0 spiro atoms. The minimum Gasteiger partial charge on any atom is -0.469 e. The van der Waals surface area contributed by atoms with Crippen LogP contribution in [0.2, 0.25) is 0 Å². The molecule has 2 fully saturated rings. The van der Waals surface area contributed by atoms with Crippen molar-refractivity contribution >= 4 is 35.2 Å². The number of esters is 1. The fourth-order valence-electron chi connectivity index (χ4n) is 5.77. The molecule has 0 bridgehead atoms. The van der Waals surface area contributed by atoms with E-state index in [-0.39, 0.29) is 37.2 Å². The summed E-state index contributed by atoms with van der Waals surface area (Å²) in [4.78, 5) is 56.3. The maximum absolute atomic E-state index is 11.4. The van der Waals surface area contributed by atoms with E-state index >= 15 is 0 Å². The van der Waals surface area contributed by atoms with E-state index in [0.29, 0.717) is 0 Å². The topological polar surface area (TPSA) is 140 Å². The van der Waals surface area contributed by atoms with Gasteiger partial charge in [0.15, 0.2) is 0 Å². The predicted molar refractivity (Wildman–Crippen MR) is 220 cm³/mol. The lowest BCUT2D eigenvalue weighted by atomic mass is 10.0. The Morgan fingerprint density at radius 1 is 0.589 bits per heavy atom. The van der Waals surface area contributed by atoms with E-state index in [1.54, 1.807) is 4.90 Å². The minimum absolute atomic E-state index is 0.0344. The van der Waals surface area contributed by atoms with Crippen molar-refractivity contribution in [1.29, 1.82) is 0 Å². The van der Waals surface area contributed by atoms with Gasteiger partial charge in [0.05, 0.1) is 20.6 Å². The van der Waals surface area contributed by atoms with E-state index in [4.69, 9.17) is 0 Å². The number of hydrogen-bond acceptors (Lipinski definition) is 8. The van der Waals surface area contributed by atoms with Gasteiger partial charge in [-0.05, 0) is 72.2 Å². The van der Waals surface area contributed by atoms with Gasteiger partial charge in [0, 0.05) is 69.8 Å². The van der Waals surface area contributed by atoms with Crippen LogP contribution in [0.15, 0.2) is 85.7 Å². The van der Waals surface area contributed by atoms with Gasteiger partial charge in [-0.25, -0.2) is 14.8 Å². The summed E-state index contributed by atoms with van der Waals surface area (Å²) < 4.78 is 12.8. The van der Waals surface area contributed by atoms with Crippen LogP contribution in [0.4, 0.5) is 4.79 Å². The zero-order chi connectivity index (χ0) is 40.7. The molecular weight excluding hydrogens is 711 g/mol. The summed E-state index contributed by atoms with van der Waals surface area (Å²) in [6.45, 7) is 11.8. The van der Waals surface area contributed by atoms with Gasteiger partial charge in [0.2, 0.25) is 11.8 Å². The number of hydrogen-bond donors (Lipinski definition) is 1. The van der Waals surface area contributed by atoms with E-state index in [9.17, 15) is 19.2 Å². The number of likely N-dealkylation sites (tertiary alicyclic amines) is 2. The highest BCUT2D eigenvalue weighted by atomic mass is 16.5. The number of nitrogens with one attached hydrogen (secondary N) is 1. The van der Waals surface area contributed by atoms with Crippen molar-refractivity contribution in [1.82, 2.24) is 33.9 Å². The summed E-state index contributed by atoms with van der Waals surface area (Å²) in [6, 6.07) is 17.0. The third-order valence-corrected chi connectivity index (χ3v) is 8.60. The molecule has 1 aromatic carbocycles. The number of rotatable bonds is 7. The van der Waals surface area contributed by atoms with Crippen LogP contribution in [0.5, 0.6) is 0 Å². The Hall–Kier alpha value is -5.72. The van der Waals surface area contributed by atoms with Crippen LogP contribution in [0, 0.1) is 0 Å². The van der Waals surface area contributed by atoms with Gasteiger partial charge >= 0.3 is 12.1 Å². The normalized spacial score (nSPS) is 12.8. The van der Waals surface area contributed by atoms with Crippen molar-refractivity contribution in [2.75, 3.05) is 46.9 Å². The van der Waals surface area contributed by atoms with E-state index in [0.717, 1.165) is 63.2 Å². The van der Waals surface area contributed by atoms with E-state index in [2.05, 4.69) is 101 Å². The summed E-state index contributed by atoms with van der Waals surface area (Å²) >= 11 is 0. The van der Waals surface area contributed by atoms with Crippen LogP contribution < -0.4 is 5.32 Å². The van der Waals surface area contributed by atoms with Gasteiger partial charge in [0.25, 0.3) is 0 Å². The first kappa shape index (κ1) is 44.7. The molecule has 6 heterocycles. The Labute approximate surface area is 331 Å². The first-order chi connectivity index (χ1) is 27.2. The Bertz CT molecular complexity index is 1790. The zero-order valence-corrected chi connectivity index (χ0v) is 33.9. The lowest BCUT2D eigenvalue weighted by molar-refractivity contribution is -0.143. The molecule has 56 heavy (non-hydrogen) atoms. The Kier molecular flexibility index (Phi) is 19.7. The van der Waals surface area contributed by atoms with Gasteiger partial charge < -0.3 is 33.4 Å². The summed E-state index contributed by atoms with van der Waals surface area (Å²) in [5.74, 6) is -0.279. The second kappa shape index (κ2) is 24.6. The number of aromatic nitrogens is 4. The fourth-order valence-corrected chi connectivity index (χ4v) is 5.77. The number of nitrogens with zero attached hydrogens (tertiary/aromatic N) is 6. The quantitative estimate of drug-likeness (QED) is 0.166. The first-order valence-electron chi connectivity index (χ1n) is 19.6. The molecule has 302 valence electrons. The summed E-state index contributed by atoms with van der Waals surface area (Å²) in [6.07, 6.45) is 18.3. The largest absolute Gasteiger partial charge is 0.469 e. The summed E-state index contributed by atoms with van der Waals surface area (Å²) in [7, 11) is 2.61. The number of carbonyl (C=O) groups excluding carboxylic acids is 4. The van der Waals surface area contributed by atoms with Gasteiger partial charge in [-0.1, -0.05) is 64.8 Å². The molecule has 5 aromatic rings. The Morgan fingerprint density at radius 2 is 1.02 bits per heavy atom. The van der Waals surface area contributed by atoms with Crippen molar-refractivity contribution in [3.8, 4) is 22.3 Å². The van der Waals surface area contributed by atoms with E-state index in [1.807, 2.05) is 50.9 Å². The molecule has 0 atom stereocenters. The maximum Gasteiger partial charge on any atom is 0.407 e. The number of imidazole rings is 2. The zero-order valence-electron chi connectivity index (χ0n) is 33.9. The maximum atomic E-state index is 11.4. The van der Waals surface area contributed by atoms with Crippen molar-refractivity contribution in [2.24, 2.45) is 0 Å². The predicted octanol–water partition coefficient (Wildman–Crippen LogP) is 7.68. The average Bonchev–Trinajstić information content (AvgIpc) is 4.07. The van der Waals surface area contributed by atoms with Crippen LogP contribution in [0.1, 0.15) is 79.1 Å². The van der Waals surface area contributed by atoms with Crippen molar-refractivity contribution < 1.29 is 28.7 Å². The molecule has 0 aliphatic carbocycles. The van der Waals surface area contributed by atoms with Crippen LogP contribution >= 0.6 is 0 Å². The minimum atomic E-state index is -0.562. The van der Waals surface area contributed by atoms with Crippen LogP contribution in [0.3, 0.4) is 0 Å². The number of benzene rings is 1. The number of fused-ring (bicyclic) bond motifs is 2. The lowest BCUT2D eigenvalue weighted by Gasteiger charge is -2.14. The number of methoxy groups -OCH3 is 2. The molecule has 4 aromatic heterocycles. The highest BCUT2D eigenvalue weighted by Crippen LogP contribution is 2.26. The van der Waals surface area contributed by atoms with Crippen molar-refractivity contribution in [3.63, 3.8) is 0 Å². The number of amides is 3. The highest BCUT2D eigenvalue weighted by Gasteiger charge is 2.19. The lowest BCUT2D eigenvalue weighted by Crippen LogP contribution is -2.38. The second-order valence-electron chi connectivity index (χ2n) is 13.3. The van der Waals surface area contributed by atoms with Gasteiger partial charge in [-0.2, -0.15) is 0 Å². The molecule has 0 saturated carbocycles. The average molecular weight is 770 g/mol. The molecule has 7 rings (SSSR count). The third-order valence-electron chi connectivity index (χ3n) is 8.60. The monoisotopic (exact) mass is 769 g/mol. The second-order valence-corrected chi connectivity index (χ2v) is 13.3. The molecule has 13 nitrogen and oxygen atoms in total.